The van der Waals surface area contributed by atoms with E-state index in [0.29, 0.717) is 28.1 Å². The average molecular weight is 375 g/mol. The van der Waals surface area contributed by atoms with E-state index in [2.05, 4.69) is 10.5 Å². The van der Waals surface area contributed by atoms with Crippen LogP contribution in [0.3, 0.4) is 0 Å². The number of carbonyl (C=O) groups is 1. The van der Waals surface area contributed by atoms with Gasteiger partial charge in [-0.1, -0.05) is 41.9 Å². The number of amides is 1. The number of rotatable bonds is 7. The van der Waals surface area contributed by atoms with Crippen molar-refractivity contribution in [3.63, 3.8) is 0 Å². The van der Waals surface area contributed by atoms with Gasteiger partial charge in [-0.15, -0.1) is 11.3 Å². The maximum atomic E-state index is 12.0. The van der Waals surface area contributed by atoms with E-state index in [0.717, 1.165) is 5.56 Å². The topological polar surface area (TPSA) is 60.5 Å². The van der Waals surface area contributed by atoms with Crippen LogP contribution >= 0.6 is 22.9 Å². The van der Waals surface area contributed by atoms with Crippen molar-refractivity contribution in [1.82, 2.24) is 10.5 Å². The summed E-state index contributed by atoms with van der Waals surface area (Å²) in [6.07, 6.45) is 0. The fourth-order valence-electron chi connectivity index (χ4n) is 1.97. The molecular weight excluding hydrogens is 360 g/mol. The molecule has 1 amide bonds. The Morgan fingerprint density at radius 1 is 1.08 bits per heavy atom. The number of thiazole rings is 1. The molecule has 0 fully saturated rings. The predicted molar refractivity (Wildman–Crippen MR) is 96.6 cm³/mol. The molecule has 1 N–H and O–H groups in total. The smallest absolute Gasteiger partial charge is 0.294 e. The lowest BCUT2D eigenvalue weighted by atomic mass is 10.2. The number of benzene rings is 2. The van der Waals surface area contributed by atoms with Crippen LogP contribution in [0.2, 0.25) is 5.02 Å². The first-order chi connectivity index (χ1) is 12.2. The maximum Gasteiger partial charge on any atom is 0.294 e. The fraction of sp³-hybridized carbons (Fsp3) is 0.111. The molecule has 2 aromatic carbocycles. The van der Waals surface area contributed by atoms with Gasteiger partial charge in [-0.05, 0) is 29.8 Å². The van der Waals surface area contributed by atoms with E-state index in [1.807, 2.05) is 30.3 Å². The molecule has 3 aromatic rings. The zero-order chi connectivity index (χ0) is 17.5. The third kappa shape index (κ3) is 5.29. The van der Waals surface area contributed by atoms with Crippen molar-refractivity contribution >= 4 is 28.8 Å². The van der Waals surface area contributed by atoms with Crippen molar-refractivity contribution in [2.75, 3.05) is 0 Å². The van der Waals surface area contributed by atoms with Crippen LogP contribution in [0.15, 0.2) is 60.0 Å². The molecule has 0 aliphatic carbocycles. The summed E-state index contributed by atoms with van der Waals surface area (Å²) < 4.78 is 5.61. The highest BCUT2D eigenvalue weighted by molar-refractivity contribution is 7.09. The minimum absolute atomic E-state index is 0.282. The summed E-state index contributed by atoms with van der Waals surface area (Å²) in [5.41, 5.74) is 3.66. The van der Waals surface area contributed by atoms with Gasteiger partial charge in [0.2, 0.25) is 0 Å². The average Bonchev–Trinajstić information content (AvgIpc) is 3.11. The summed E-state index contributed by atoms with van der Waals surface area (Å²) in [4.78, 5) is 21.5. The minimum Gasteiger partial charge on any atom is -0.486 e. The van der Waals surface area contributed by atoms with Crippen LogP contribution in [0, 0.1) is 0 Å². The molecule has 0 atom stereocenters. The van der Waals surface area contributed by atoms with Gasteiger partial charge in [-0.25, -0.2) is 10.5 Å². The van der Waals surface area contributed by atoms with Crippen LogP contribution in [0.5, 0.6) is 5.75 Å². The number of nitrogens with one attached hydrogen (secondary N) is 1. The Balaban J connectivity index is 1.47. The molecule has 0 radical (unpaired) electrons. The molecular formula is C18H15ClN2O3S. The Hall–Kier alpha value is -2.41. The first kappa shape index (κ1) is 17.4. The standard InChI is InChI=1S/C18H15ClN2O3S/c19-14-6-8-15(9-7-14)23-11-17-20-16(12-25-17)18(22)21-24-10-13-4-2-1-3-5-13/h1-9,12H,10-11H2,(H,21,22). The third-order valence-corrected chi connectivity index (χ3v) is 4.28. The van der Waals surface area contributed by atoms with Gasteiger partial charge < -0.3 is 4.74 Å². The summed E-state index contributed by atoms with van der Waals surface area (Å²) in [5.74, 6) is 0.307. The molecule has 0 aliphatic rings. The molecule has 0 bridgehead atoms. The summed E-state index contributed by atoms with van der Waals surface area (Å²) in [7, 11) is 0. The highest BCUT2D eigenvalue weighted by atomic mass is 35.5. The summed E-state index contributed by atoms with van der Waals surface area (Å²) in [5, 5.41) is 3.01. The summed E-state index contributed by atoms with van der Waals surface area (Å²) in [6, 6.07) is 16.6. The van der Waals surface area contributed by atoms with Crippen LogP contribution in [0.25, 0.3) is 0 Å². The van der Waals surface area contributed by atoms with E-state index in [1.165, 1.54) is 11.3 Å². The van der Waals surface area contributed by atoms with Crippen LogP contribution < -0.4 is 10.2 Å². The Bertz CT molecular complexity index is 822. The first-order valence-corrected chi connectivity index (χ1v) is 8.75. The predicted octanol–water partition coefficient (Wildman–Crippen LogP) is 4.24. The number of nitrogens with zero attached hydrogens (tertiary/aromatic N) is 1. The Morgan fingerprint density at radius 3 is 2.60 bits per heavy atom. The molecule has 0 saturated carbocycles. The van der Waals surface area contributed by atoms with Gasteiger partial charge in [0.05, 0.1) is 6.61 Å². The Labute approximate surface area is 154 Å². The zero-order valence-electron chi connectivity index (χ0n) is 13.1. The van der Waals surface area contributed by atoms with E-state index in [9.17, 15) is 4.79 Å². The van der Waals surface area contributed by atoms with Gasteiger partial charge in [0.15, 0.2) is 0 Å². The SMILES string of the molecule is O=C(NOCc1ccccc1)c1csc(COc2ccc(Cl)cc2)n1. The molecule has 0 saturated heterocycles. The largest absolute Gasteiger partial charge is 0.486 e. The molecule has 7 heteroatoms. The molecule has 0 aliphatic heterocycles. The third-order valence-electron chi connectivity index (χ3n) is 3.21. The van der Waals surface area contributed by atoms with Gasteiger partial charge >= 0.3 is 0 Å². The van der Waals surface area contributed by atoms with Gasteiger partial charge in [-0.3, -0.25) is 9.63 Å². The zero-order valence-corrected chi connectivity index (χ0v) is 14.7. The number of hydrogen-bond donors (Lipinski definition) is 1. The molecule has 1 heterocycles. The number of halogens is 1. The molecule has 1 aromatic heterocycles. The fourth-order valence-corrected chi connectivity index (χ4v) is 2.78. The maximum absolute atomic E-state index is 12.0. The monoisotopic (exact) mass is 374 g/mol. The van der Waals surface area contributed by atoms with Gasteiger partial charge in [0, 0.05) is 10.4 Å². The van der Waals surface area contributed by atoms with Crippen molar-refractivity contribution < 1.29 is 14.4 Å². The van der Waals surface area contributed by atoms with Crippen molar-refractivity contribution in [2.24, 2.45) is 0 Å². The molecule has 3 rings (SSSR count). The van der Waals surface area contributed by atoms with Crippen molar-refractivity contribution in [1.29, 1.82) is 0 Å². The number of hydrogen-bond acceptors (Lipinski definition) is 5. The number of ether oxygens (including phenoxy) is 1. The van der Waals surface area contributed by atoms with Crippen molar-refractivity contribution in [3.05, 3.63) is 81.3 Å². The second-order valence-electron chi connectivity index (χ2n) is 5.07. The Kier molecular flexibility index (Phi) is 6.00. The number of hydroxylamine groups is 1. The number of carbonyl (C=O) groups excluding carboxylic acids is 1. The van der Waals surface area contributed by atoms with E-state index in [4.69, 9.17) is 21.2 Å². The van der Waals surface area contributed by atoms with Crippen LogP contribution in [-0.4, -0.2) is 10.9 Å². The highest BCUT2D eigenvalue weighted by Crippen LogP contribution is 2.18. The van der Waals surface area contributed by atoms with E-state index in [1.54, 1.807) is 29.6 Å². The molecule has 128 valence electrons. The van der Waals surface area contributed by atoms with E-state index in [-0.39, 0.29) is 12.5 Å². The molecule has 25 heavy (non-hydrogen) atoms. The lowest BCUT2D eigenvalue weighted by Crippen LogP contribution is -2.23. The second-order valence-corrected chi connectivity index (χ2v) is 6.45. The van der Waals surface area contributed by atoms with E-state index >= 15 is 0 Å². The van der Waals surface area contributed by atoms with Crippen LogP contribution in [-0.2, 0) is 18.1 Å². The second kappa shape index (κ2) is 8.62. The van der Waals surface area contributed by atoms with Gasteiger partial charge in [0.25, 0.3) is 5.91 Å². The lowest BCUT2D eigenvalue weighted by molar-refractivity contribution is 0.0230. The molecule has 5 nitrogen and oxygen atoms in total. The molecule has 0 spiro atoms. The summed E-state index contributed by atoms with van der Waals surface area (Å²) >= 11 is 7.18. The Morgan fingerprint density at radius 2 is 1.84 bits per heavy atom. The van der Waals surface area contributed by atoms with E-state index < -0.39 is 0 Å². The normalized spacial score (nSPS) is 10.4. The van der Waals surface area contributed by atoms with Crippen LogP contribution in [0.1, 0.15) is 21.1 Å². The quantitative estimate of drug-likeness (QED) is 0.628. The minimum atomic E-state index is -0.384. The van der Waals surface area contributed by atoms with Gasteiger partial charge in [0.1, 0.15) is 23.1 Å². The number of aromatic nitrogens is 1. The lowest BCUT2D eigenvalue weighted by Gasteiger charge is -2.04. The highest BCUT2D eigenvalue weighted by Gasteiger charge is 2.11. The summed E-state index contributed by atoms with van der Waals surface area (Å²) in [6.45, 7) is 0.577. The molecule has 0 unspecified atom stereocenters. The van der Waals surface area contributed by atoms with Crippen molar-refractivity contribution in [2.45, 2.75) is 13.2 Å². The van der Waals surface area contributed by atoms with Gasteiger partial charge in [-0.2, -0.15) is 0 Å². The van der Waals surface area contributed by atoms with Crippen molar-refractivity contribution in [3.8, 4) is 5.75 Å². The van der Waals surface area contributed by atoms with Crippen LogP contribution in [0.4, 0.5) is 0 Å². The first-order valence-electron chi connectivity index (χ1n) is 7.49.